The summed E-state index contributed by atoms with van der Waals surface area (Å²) in [6.45, 7) is 8.62. The lowest BCUT2D eigenvalue weighted by Crippen LogP contribution is -2.50. The third-order valence-corrected chi connectivity index (χ3v) is 5.03. The van der Waals surface area contributed by atoms with Crippen molar-refractivity contribution in [3.63, 3.8) is 0 Å². The van der Waals surface area contributed by atoms with Crippen LogP contribution in [0, 0.1) is 13.8 Å². The van der Waals surface area contributed by atoms with Gasteiger partial charge in [-0.15, -0.1) is 12.4 Å². The molecule has 0 aliphatic carbocycles. The molecule has 1 aromatic carbocycles. The van der Waals surface area contributed by atoms with Crippen molar-refractivity contribution in [2.75, 3.05) is 39.3 Å². The van der Waals surface area contributed by atoms with E-state index in [4.69, 9.17) is 4.74 Å². The number of pyridine rings is 1. The molecule has 0 bridgehead atoms. The van der Waals surface area contributed by atoms with E-state index in [1.54, 1.807) is 0 Å². The summed E-state index contributed by atoms with van der Waals surface area (Å²) in [6, 6.07) is 10.1. The zero-order valence-corrected chi connectivity index (χ0v) is 16.9. The zero-order valence-electron chi connectivity index (χ0n) is 16.1. The number of hydrogen-bond donors (Lipinski definition) is 0. The topological polar surface area (TPSA) is 45.7 Å². The second kappa shape index (κ2) is 10.3. The number of carbonyl (C=O) groups is 1. The van der Waals surface area contributed by atoms with Crippen molar-refractivity contribution in [2.24, 2.45) is 0 Å². The quantitative estimate of drug-likeness (QED) is 0.762. The van der Waals surface area contributed by atoms with Crippen LogP contribution in [0.15, 0.2) is 42.7 Å². The Bertz CT molecular complexity index is 731. The lowest BCUT2D eigenvalue weighted by Gasteiger charge is -2.34. The number of piperazine rings is 1. The van der Waals surface area contributed by atoms with E-state index >= 15 is 0 Å². The molecule has 1 aliphatic heterocycles. The Morgan fingerprint density at radius 3 is 2.41 bits per heavy atom. The molecule has 1 saturated heterocycles. The number of aromatic nitrogens is 1. The second-order valence-corrected chi connectivity index (χ2v) is 6.86. The molecular formula is C21H28ClN3O2. The predicted molar refractivity (Wildman–Crippen MR) is 110 cm³/mol. The lowest BCUT2D eigenvalue weighted by atomic mass is 10.1. The Balaban J connectivity index is 0.00000261. The van der Waals surface area contributed by atoms with Crippen molar-refractivity contribution < 1.29 is 9.53 Å². The highest BCUT2D eigenvalue weighted by atomic mass is 35.5. The number of hydrogen-bond acceptors (Lipinski definition) is 4. The van der Waals surface area contributed by atoms with Crippen molar-refractivity contribution in [1.82, 2.24) is 14.8 Å². The highest BCUT2D eigenvalue weighted by Gasteiger charge is 2.21. The maximum Gasteiger partial charge on any atom is 0.260 e. The number of ether oxygens (including phenoxy) is 1. The van der Waals surface area contributed by atoms with Gasteiger partial charge in [0.1, 0.15) is 5.75 Å². The summed E-state index contributed by atoms with van der Waals surface area (Å²) < 4.78 is 5.68. The van der Waals surface area contributed by atoms with Crippen LogP contribution in [0.25, 0.3) is 0 Å². The second-order valence-electron chi connectivity index (χ2n) is 6.86. The Kier molecular flexibility index (Phi) is 8.07. The number of carbonyl (C=O) groups excluding carboxylic acids is 1. The van der Waals surface area contributed by atoms with E-state index in [0.717, 1.165) is 44.9 Å². The van der Waals surface area contributed by atoms with E-state index in [1.807, 2.05) is 35.5 Å². The van der Waals surface area contributed by atoms with Crippen LogP contribution in [0.1, 0.15) is 16.7 Å². The Morgan fingerprint density at radius 2 is 1.74 bits per heavy atom. The molecule has 6 heteroatoms. The van der Waals surface area contributed by atoms with Gasteiger partial charge in [-0.2, -0.15) is 0 Å². The first-order chi connectivity index (χ1) is 12.6. The third kappa shape index (κ3) is 6.22. The summed E-state index contributed by atoms with van der Waals surface area (Å²) in [5, 5.41) is 0. The molecule has 5 nitrogen and oxygen atoms in total. The number of nitrogens with zero attached hydrogens (tertiary/aromatic N) is 3. The first-order valence-corrected chi connectivity index (χ1v) is 9.21. The molecule has 1 amide bonds. The van der Waals surface area contributed by atoms with Gasteiger partial charge in [0.15, 0.2) is 6.61 Å². The van der Waals surface area contributed by atoms with Gasteiger partial charge in [-0.25, -0.2) is 0 Å². The first-order valence-electron chi connectivity index (χ1n) is 9.21. The summed E-state index contributed by atoms with van der Waals surface area (Å²) in [5.74, 6) is 0.828. The van der Waals surface area contributed by atoms with E-state index in [9.17, 15) is 4.79 Å². The van der Waals surface area contributed by atoms with Crippen LogP contribution in [0.2, 0.25) is 0 Å². The van der Waals surface area contributed by atoms with E-state index in [0.29, 0.717) is 0 Å². The van der Waals surface area contributed by atoms with E-state index in [2.05, 4.69) is 35.9 Å². The molecular weight excluding hydrogens is 362 g/mol. The van der Waals surface area contributed by atoms with Gasteiger partial charge in [-0.3, -0.25) is 14.7 Å². The van der Waals surface area contributed by atoms with Gasteiger partial charge < -0.3 is 9.64 Å². The Morgan fingerprint density at radius 1 is 1.04 bits per heavy atom. The molecule has 0 N–H and O–H groups in total. The largest absolute Gasteiger partial charge is 0.484 e. The molecule has 1 fully saturated rings. The molecule has 1 aromatic heterocycles. The summed E-state index contributed by atoms with van der Waals surface area (Å²) in [6.07, 6.45) is 4.69. The lowest BCUT2D eigenvalue weighted by molar-refractivity contribution is -0.135. The number of benzene rings is 1. The van der Waals surface area contributed by atoms with Crippen molar-refractivity contribution in [3.05, 3.63) is 59.4 Å². The molecule has 1 aliphatic rings. The van der Waals surface area contributed by atoms with E-state index in [-0.39, 0.29) is 24.9 Å². The van der Waals surface area contributed by atoms with Crippen molar-refractivity contribution in [3.8, 4) is 5.75 Å². The minimum absolute atomic E-state index is 0. The van der Waals surface area contributed by atoms with Gasteiger partial charge in [-0.05, 0) is 61.2 Å². The molecule has 2 heterocycles. The summed E-state index contributed by atoms with van der Waals surface area (Å²) in [4.78, 5) is 20.8. The number of rotatable bonds is 6. The summed E-state index contributed by atoms with van der Waals surface area (Å²) >= 11 is 0. The van der Waals surface area contributed by atoms with Gasteiger partial charge in [0.25, 0.3) is 5.91 Å². The monoisotopic (exact) mass is 389 g/mol. The first kappa shape index (κ1) is 21.2. The SMILES string of the molecule is Cc1ccc(OCC(=O)N2CCN(CCc3ccncc3)CC2)cc1C.Cl. The van der Waals surface area contributed by atoms with Crippen LogP contribution < -0.4 is 4.74 Å². The smallest absolute Gasteiger partial charge is 0.260 e. The molecule has 0 radical (unpaired) electrons. The van der Waals surface area contributed by atoms with Gasteiger partial charge in [0.05, 0.1) is 0 Å². The predicted octanol–water partition coefficient (Wildman–Crippen LogP) is 2.89. The van der Waals surface area contributed by atoms with Crippen LogP contribution in [-0.4, -0.2) is 60.0 Å². The van der Waals surface area contributed by atoms with Crippen LogP contribution in [-0.2, 0) is 11.2 Å². The highest BCUT2D eigenvalue weighted by molar-refractivity contribution is 5.85. The molecule has 0 unspecified atom stereocenters. The summed E-state index contributed by atoms with van der Waals surface area (Å²) in [7, 11) is 0. The summed E-state index contributed by atoms with van der Waals surface area (Å²) in [5.41, 5.74) is 3.71. The Hall–Kier alpha value is -2.11. The van der Waals surface area contributed by atoms with Crippen LogP contribution >= 0.6 is 12.4 Å². The Labute approximate surface area is 167 Å². The fourth-order valence-electron chi connectivity index (χ4n) is 3.10. The zero-order chi connectivity index (χ0) is 18.4. The maximum atomic E-state index is 12.4. The number of halogens is 1. The molecule has 2 aromatic rings. The minimum Gasteiger partial charge on any atom is -0.484 e. The van der Waals surface area contributed by atoms with Crippen LogP contribution in [0.5, 0.6) is 5.75 Å². The van der Waals surface area contributed by atoms with E-state index in [1.165, 1.54) is 16.7 Å². The van der Waals surface area contributed by atoms with Gasteiger partial charge >= 0.3 is 0 Å². The maximum absolute atomic E-state index is 12.4. The van der Waals surface area contributed by atoms with Crippen LogP contribution in [0.4, 0.5) is 0 Å². The fraction of sp³-hybridized carbons (Fsp3) is 0.429. The minimum atomic E-state index is 0. The van der Waals surface area contributed by atoms with Crippen molar-refractivity contribution >= 4 is 18.3 Å². The van der Waals surface area contributed by atoms with Gasteiger partial charge in [-0.1, -0.05) is 6.07 Å². The van der Waals surface area contributed by atoms with Crippen molar-refractivity contribution in [1.29, 1.82) is 0 Å². The van der Waals surface area contributed by atoms with E-state index < -0.39 is 0 Å². The normalized spacial score (nSPS) is 14.5. The highest BCUT2D eigenvalue weighted by Crippen LogP contribution is 2.16. The van der Waals surface area contributed by atoms with Crippen LogP contribution in [0.3, 0.4) is 0 Å². The van der Waals surface area contributed by atoms with Gasteiger partial charge in [0.2, 0.25) is 0 Å². The molecule has 3 rings (SSSR count). The average molecular weight is 390 g/mol. The molecule has 27 heavy (non-hydrogen) atoms. The standard InChI is InChI=1S/C21H27N3O2.ClH/c1-17-3-4-20(15-18(17)2)26-16-21(25)24-13-11-23(12-14-24)10-7-19-5-8-22-9-6-19;/h3-6,8-9,15H,7,10-14,16H2,1-2H3;1H. The molecule has 0 atom stereocenters. The van der Waals surface area contributed by atoms with Gasteiger partial charge in [0, 0.05) is 45.1 Å². The molecule has 0 saturated carbocycles. The third-order valence-electron chi connectivity index (χ3n) is 5.03. The number of amides is 1. The fourth-order valence-corrected chi connectivity index (χ4v) is 3.10. The van der Waals surface area contributed by atoms with Crippen molar-refractivity contribution in [2.45, 2.75) is 20.3 Å². The average Bonchev–Trinajstić information content (AvgIpc) is 2.68. The molecule has 146 valence electrons. The molecule has 0 spiro atoms. The number of aryl methyl sites for hydroxylation is 2.